The Balaban J connectivity index is 1.71. The Bertz CT molecular complexity index is 1040. The molecule has 2 fully saturated rings. The van der Waals surface area contributed by atoms with Gasteiger partial charge in [-0.2, -0.15) is 0 Å². The van der Waals surface area contributed by atoms with Gasteiger partial charge in [-0.3, -0.25) is 19.2 Å². The van der Waals surface area contributed by atoms with E-state index in [-0.39, 0.29) is 54.9 Å². The lowest BCUT2D eigenvalue weighted by Crippen LogP contribution is -2.60. The molecule has 0 amide bonds. The lowest BCUT2D eigenvalue weighted by molar-refractivity contribution is -0.143. The summed E-state index contributed by atoms with van der Waals surface area (Å²) in [4.78, 5) is 51.3. The van der Waals surface area contributed by atoms with Crippen molar-refractivity contribution < 1.29 is 34.5 Å². The Kier molecular flexibility index (Phi) is 6.48. The van der Waals surface area contributed by atoms with E-state index in [4.69, 9.17) is 5.11 Å². The summed E-state index contributed by atoms with van der Waals surface area (Å²) in [6, 6.07) is 0. The highest BCUT2D eigenvalue weighted by atomic mass is 16.4. The van der Waals surface area contributed by atoms with E-state index in [0.29, 0.717) is 36.8 Å². The Labute approximate surface area is 213 Å². The molecule has 4 aliphatic carbocycles. The van der Waals surface area contributed by atoms with E-state index in [1.807, 2.05) is 27.7 Å². The topological polar surface area (TPSA) is 129 Å². The van der Waals surface area contributed by atoms with Crippen LogP contribution in [0, 0.1) is 39.4 Å². The minimum Gasteiger partial charge on any atom is -0.481 e. The first-order valence-electron chi connectivity index (χ1n) is 13.4. The summed E-state index contributed by atoms with van der Waals surface area (Å²) in [5.74, 6) is -2.19. The summed E-state index contributed by atoms with van der Waals surface area (Å²) < 4.78 is 0. The third kappa shape index (κ3) is 3.59. The fourth-order valence-electron chi connectivity index (χ4n) is 8.63. The average Bonchev–Trinajstić information content (AvgIpc) is 2.97. The van der Waals surface area contributed by atoms with Gasteiger partial charge >= 0.3 is 5.97 Å². The molecule has 0 spiro atoms. The number of ketones is 3. The smallest absolute Gasteiger partial charge is 0.306 e. The van der Waals surface area contributed by atoms with E-state index in [2.05, 4.69) is 6.92 Å². The Morgan fingerprint density at radius 3 is 2.33 bits per heavy atom. The summed E-state index contributed by atoms with van der Waals surface area (Å²) in [6.07, 6.45) is 1.17. The second-order valence-corrected chi connectivity index (χ2v) is 13.4. The van der Waals surface area contributed by atoms with Crippen molar-refractivity contribution in [2.75, 3.05) is 0 Å². The molecule has 0 aromatic heterocycles. The van der Waals surface area contributed by atoms with Gasteiger partial charge in [0.25, 0.3) is 0 Å². The van der Waals surface area contributed by atoms with Crippen molar-refractivity contribution in [2.45, 2.75) is 105 Å². The van der Waals surface area contributed by atoms with E-state index in [9.17, 15) is 29.4 Å². The zero-order valence-electron chi connectivity index (χ0n) is 22.5. The van der Waals surface area contributed by atoms with Gasteiger partial charge in [-0.1, -0.05) is 34.6 Å². The number of aliphatic hydroxyl groups is 2. The second-order valence-electron chi connectivity index (χ2n) is 13.4. The third-order valence-corrected chi connectivity index (χ3v) is 11.2. The normalized spacial score (nSPS) is 42.4. The lowest BCUT2D eigenvalue weighted by Gasteiger charge is -2.61. The minimum absolute atomic E-state index is 0.0116. The molecule has 0 bridgehead atoms. The zero-order chi connectivity index (χ0) is 27.0. The number of aliphatic hydroxyl groups excluding tert-OH is 2. The third-order valence-electron chi connectivity index (χ3n) is 11.2. The molecule has 7 heteroatoms. The quantitative estimate of drug-likeness (QED) is 0.502. The van der Waals surface area contributed by atoms with Crippen molar-refractivity contribution in [2.24, 2.45) is 39.4 Å². The number of carboxylic acids is 1. The molecule has 8 unspecified atom stereocenters. The van der Waals surface area contributed by atoms with E-state index in [0.717, 1.165) is 0 Å². The van der Waals surface area contributed by atoms with Crippen LogP contribution in [0.15, 0.2) is 11.1 Å². The first kappa shape index (κ1) is 27.2. The van der Waals surface area contributed by atoms with Crippen molar-refractivity contribution >= 4 is 23.3 Å². The Morgan fingerprint density at radius 1 is 1.08 bits per heavy atom. The van der Waals surface area contributed by atoms with Gasteiger partial charge in [-0.05, 0) is 66.3 Å². The first-order valence-corrected chi connectivity index (χ1v) is 13.4. The molecule has 0 aromatic rings. The maximum Gasteiger partial charge on any atom is 0.306 e. The van der Waals surface area contributed by atoms with Crippen LogP contribution >= 0.6 is 0 Å². The van der Waals surface area contributed by atoms with E-state index < -0.39 is 45.8 Å². The molecular weight excluding hydrogens is 460 g/mol. The van der Waals surface area contributed by atoms with Gasteiger partial charge in [0, 0.05) is 31.3 Å². The molecule has 8 atom stereocenters. The number of carbonyl (C=O) groups excluding carboxylic acids is 3. The molecule has 7 nitrogen and oxygen atoms in total. The molecule has 200 valence electrons. The summed E-state index contributed by atoms with van der Waals surface area (Å²) in [5, 5.41) is 31.4. The minimum atomic E-state index is -1.01. The van der Waals surface area contributed by atoms with Gasteiger partial charge in [0.2, 0.25) is 0 Å². The van der Waals surface area contributed by atoms with Crippen LogP contribution in [-0.4, -0.2) is 50.8 Å². The largest absolute Gasteiger partial charge is 0.481 e. The van der Waals surface area contributed by atoms with Gasteiger partial charge in [0.1, 0.15) is 11.6 Å². The second kappa shape index (κ2) is 8.59. The Hall–Kier alpha value is -1.86. The molecule has 0 saturated heterocycles. The fraction of sp³-hybridized carbons (Fsp3) is 0.793. The molecule has 0 heterocycles. The van der Waals surface area contributed by atoms with Crippen LogP contribution in [0.3, 0.4) is 0 Å². The van der Waals surface area contributed by atoms with E-state index >= 15 is 0 Å². The highest BCUT2D eigenvalue weighted by Gasteiger charge is 2.69. The molecule has 2 saturated carbocycles. The number of rotatable bonds is 6. The maximum atomic E-state index is 14.0. The summed E-state index contributed by atoms with van der Waals surface area (Å²) in [5.41, 5.74) is -1.49. The summed E-state index contributed by atoms with van der Waals surface area (Å²) in [7, 11) is 0. The molecular formula is C29H42O7. The van der Waals surface area contributed by atoms with Crippen molar-refractivity contribution in [1.82, 2.24) is 0 Å². The number of Topliss-reactive ketones (excluding diaryl/α,β-unsaturated/α-hetero) is 3. The molecule has 36 heavy (non-hydrogen) atoms. The zero-order valence-corrected chi connectivity index (χ0v) is 22.5. The van der Waals surface area contributed by atoms with Crippen LogP contribution in [0.4, 0.5) is 0 Å². The number of hydrogen-bond donors (Lipinski definition) is 3. The van der Waals surface area contributed by atoms with Crippen molar-refractivity contribution in [3.05, 3.63) is 11.1 Å². The van der Waals surface area contributed by atoms with Gasteiger partial charge in [-0.25, -0.2) is 0 Å². The summed E-state index contributed by atoms with van der Waals surface area (Å²) >= 11 is 0. The average molecular weight is 503 g/mol. The van der Waals surface area contributed by atoms with Crippen LogP contribution in [0.2, 0.25) is 0 Å². The monoisotopic (exact) mass is 502 g/mol. The predicted molar refractivity (Wildman–Crippen MR) is 133 cm³/mol. The molecule has 0 radical (unpaired) electrons. The number of allylic oxidation sites excluding steroid dienone is 1. The van der Waals surface area contributed by atoms with Gasteiger partial charge < -0.3 is 15.3 Å². The molecule has 0 aromatic carbocycles. The van der Waals surface area contributed by atoms with Crippen molar-refractivity contribution in [3.8, 4) is 0 Å². The van der Waals surface area contributed by atoms with Crippen LogP contribution in [-0.2, 0) is 19.2 Å². The highest BCUT2D eigenvalue weighted by molar-refractivity contribution is 6.05. The van der Waals surface area contributed by atoms with Crippen molar-refractivity contribution in [1.29, 1.82) is 0 Å². The maximum absolute atomic E-state index is 14.0. The molecule has 0 aliphatic heterocycles. The Morgan fingerprint density at radius 2 is 1.72 bits per heavy atom. The molecule has 4 aliphatic rings. The van der Waals surface area contributed by atoms with Crippen LogP contribution in [0.1, 0.15) is 92.9 Å². The molecule has 3 N–H and O–H groups in total. The van der Waals surface area contributed by atoms with Gasteiger partial charge in [-0.15, -0.1) is 0 Å². The van der Waals surface area contributed by atoms with Crippen LogP contribution in [0.25, 0.3) is 0 Å². The van der Waals surface area contributed by atoms with Crippen molar-refractivity contribution in [3.63, 3.8) is 0 Å². The number of carboxylic acid groups (broad SMARTS) is 1. The number of hydrogen-bond acceptors (Lipinski definition) is 6. The van der Waals surface area contributed by atoms with Crippen LogP contribution < -0.4 is 0 Å². The number of fused-ring (bicyclic) bond motifs is 4. The molecule has 4 rings (SSSR count). The standard InChI is InChI=1S/C29H42O7/c1-15(25(35)36)11-17(30)8-7-16-12-22(34)29(6)24-18(31)13-20-26(2,3)21(33)9-10-27(20,4)23(24)19(32)14-28(16,29)5/h15-16,18,20-21,31,33H,7-14H2,1-6H3,(H,35,36). The number of aliphatic carboxylic acids is 1. The SMILES string of the molecule is CC(CC(=O)CCC1CC(=O)C2(C)C3=C(C(=O)CC12C)C1(C)CCC(O)C(C)(C)C1CC3O)C(=O)O. The number of carbonyl (C=O) groups is 4. The highest BCUT2D eigenvalue weighted by Crippen LogP contribution is 2.70. The fourth-order valence-corrected chi connectivity index (χ4v) is 8.63. The first-order chi connectivity index (χ1) is 16.5. The predicted octanol–water partition coefficient (Wildman–Crippen LogP) is 3.89. The van der Waals surface area contributed by atoms with Crippen LogP contribution in [0.5, 0.6) is 0 Å². The summed E-state index contributed by atoms with van der Waals surface area (Å²) in [6.45, 7) is 11.5. The lowest BCUT2D eigenvalue weighted by atomic mass is 9.42. The van der Waals surface area contributed by atoms with Gasteiger partial charge in [0.15, 0.2) is 5.78 Å². The van der Waals surface area contributed by atoms with E-state index in [1.54, 1.807) is 0 Å². The van der Waals surface area contributed by atoms with Gasteiger partial charge in [0.05, 0.1) is 23.5 Å². The van der Waals surface area contributed by atoms with E-state index in [1.165, 1.54) is 6.92 Å².